The maximum atomic E-state index is 14.2. The van der Waals surface area contributed by atoms with E-state index in [1.54, 1.807) is 49.4 Å². The molecule has 2 aliphatic rings. The van der Waals surface area contributed by atoms with Gasteiger partial charge >= 0.3 is 5.97 Å². The minimum Gasteiger partial charge on any atom is -0.459 e. The number of carbonyl (C=O) groups excluding carboxylic acids is 7. The first-order chi connectivity index (χ1) is 28.5. The van der Waals surface area contributed by atoms with Crippen LogP contribution in [0, 0.1) is 5.92 Å². The van der Waals surface area contributed by atoms with Crippen molar-refractivity contribution in [2.45, 2.75) is 115 Å². The van der Waals surface area contributed by atoms with E-state index in [0.29, 0.717) is 12.0 Å². The molecule has 1 unspecified atom stereocenters. The minimum atomic E-state index is -1.26. The van der Waals surface area contributed by atoms with Crippen LogP contribution in [-0.2, 0) is 59.4 Å². The number of ether oxygens (including phenoxy) is 1. The number of amides is 5. The third-order valence-electron chi connectivity index (χ3n) is 11.1. The van der Waals surface area contributed by atoms with Gasteiger partial charge in [-0.1, -0.05) is 111 Å². The number of rotatable bonds is 19. The number of hydrogen-bond donors (Lipinski definition) is 5. The zero-order chi connectivity index (χ0) is 42.1. The largest absolute Gasteiger partial charge is 0.459 e. The molecule has 1 saturated carbocycles. The fourth-order valence-electron chi connectivity index (χ4n) is 8.01. The van der Waals surface area contributed by atoms with E-state index in [0.717, 1.165) is 74.5 Å². The van der Waals surface area contributed by atoms with Gasteiger partial charge in [-0.2, -0.15) is 0 Å². The smallest absolute Gasteiger partial charge is 0.333 e. The van der Waals surface area contributed by atoms with E-state index in [1.807, 2.05) is 30.3 Å². The van der Waals surface area contributed by atoms with E-state index in [4.69, 9.17) is 4.74 Å². The van der Waals surface area contributed by atoms with Gasteiger partial charge in [0.25, 0.3) is 5.91 Å². The van der Waals surface area contributed by atoms with Gasteiger partial charge < -0.3 is 31.3 Å². The number of Topliss-reactive ketones (excluding diaryl/α,β-unsaturated/α-hetero) is 1. The van der Waals surface area contributed by atoms with Gasteiger partial charge in [0.15, 0.2) is 11.8 Å². The number of fused-ring (bicyclic) bond motifs is 1. The second kappa shape index (κ2) is 22.4. The molecule has 0 radical (unpaired) electrons. The molecule has 5 N–H and O–H groups in total. The second-order valence-electron chi connectivity index (χ2n) is 15.5. The highest BCUT2D eigenvalue weighted by Crippen LogP contribution is 2.28. The van der Waals surface area contributed by atoms with Crippen molar-refractivity contribution in [3.05, 3.63) is 107 Å². The van der Waals surface area contributed by atoms with E-state index in [2.05, 4.69) is 32.7 Å². The molecule has 3 aromatic carbocycles. The van der Waals surface area contributed by atoms with Crippen LogP contribution in [-0.4, -0.2) is 73.7 Å². The molecular formula is C45H56BN5O8. The summed E-state index contributed by atoms with van der Waals surface area (Å²) in [6, 6.07) is 19.2. The fraction of sp³-hybridized carbons (Fsp3) is 0.444. The van der Waals surface area contributed by atoms with E-state index < -0.39 is 66.1 Å². The van der Waals surface area contributed by atoms with E-state index in [9.17, 15) is 33.6 Å². The van der Waals surface area contributed by atoms with Crippen LogP contribution in [0.5, 0.6) is 0 Å². The number of nitrogens with one attached hydrogen (secondary N) is 5. The molecule has 0 heterocycles. The van der Waals surface area contributed by atoms with Crippen LogP contribution >= 0.6 is 0 Å². The lowest BCUT2D eigenvalue weighted by molar-refractivity contribution is -0.149. The first-order valence-electron chi connectivity index (χ1n) is 20.9. The van der Waals surface area contributed by atoms with Gasteiger partial charge in [0.2, 0.25) is 31.4 Å². The summed E-state index contributed by atoms with van der Waals surface area (Å²) < 4.78 is 5.49. The maximum Gasteiger partial charge on any atom is 0.333 e. The molecule has 2 aliphatic carbocycles. The first-order valence-corrected chi connectivity index (χ1v) is 20.9. The Kier molecular flexibility index (Phi) is 16.8. The van der Waals surface area contributed by atoms with Gasteiger partial charge in [0.1, 0.15) is 18.7 Å². The summed E-state index contributed by atoms with van der Waals surface area (Å²) >= 11 is 0. The number of ketones is 1. The van der Waals surface area contributed by atoms with Crippen LogP contribution in [0.2, 0.25) is 0 Å². The normalized spacial score (nSPS) is 15.8. The SMILES string of the molecule is BC(=O)N[C@H](C(=O)N[C@@H](Cc1cccc2c1CCCC2)C(=O)NC(CCC)C(=O)C(=O)NCC(=O)N[C@H](C(=O)OCc1ccccc1)c1ccccc1)C1CCCCC1. The van der Waals surface area contributed by atoms with Crippen molar-refractivity contribution in [3.63, 3.8) is 0 Å². The summed E-state index contributed by atoms with van der Waals surface area (Å²) in [5.41, 5.74) is 4.49. The van der Waals surface area contributed by atoms with Gasteiger partial charge in [-0.25, -0.2) is 4.79 Å². The molecule has 0 spiro atoms. The van der Waals surface area contributed by atoms with Crippen molar-refractivity contribution in [1.82, 2.24) is 26.6 Å². The maximum absolute atomic E-state index is 14.2. The molecule has 1 fully saturated rings. The van der Waals surface area contributed by atoms with Crippen LogP contribution in [0.1, 0.15) is 98.6 Å². The number of benzene rings is 3. The highest BCUT2D eigenvalue weighted by molar-refractivity contribution is 6.57. The Balaban J connectivity index is 1.26. The molecule has 0 aromatic heterocycles. The summed E-state index contributed by atoms with van der Waals surface area (Å²) in [7, 11) is 1.36. The van der Waals surface area contributed by atoms with Gasteiger partial charge in [0.05, 0.1) is 12.6 Å². The van der Waals surface area contributed by atoms with Crippen molar-refractivity contribution >= 4 is 49.0 Å². The average Bonchev–Trinajstić information content (AvgIpc) is 3.26. The van der Waals surface area contributed by atoms with Crippen molar-refractivity contribution < 1.29 is 38.3 Å². The Morgan fingerprint density at radius 1 is 0.729 bits per heavy atom. The number of esters is 1. The van der Waals surface area contributed by atoms with Gasteiger partial charge in [0, 0.05) is 6.42 Å². The van der Waals surface area contributed by atoms with Gasteiger partial charge in [-0.3, -0.25) is 28.8 Å². The molecular weight excluding hydrogens is 749 g/mol. The van der Waals surface area contributed by atoms with Crippen LogP contribution in [0.25, 0.3) is 0 Å². The lowest BCUT2D eigenvalue weighted by Gasteiger charge is -2.32. The van der Waals surface area contributed by atoms with E-state index in [1.165, 1.54) is 13.4 Å². The third kappa shape index (κ3) is 13.1. The molecule has 4 atom stereocenters. The van der Waals surface area contributed by atoms with Crippen molar-refractivity contribution in [2.24, 2.45) is 5.92 Å². The molecule has 312 valence electrons. The van der Waals surface area contributed by atoms with Crippen LogP contribution in [0.4, 0.5) is 4.79 Å². The molecule has 5 amide bonds. The molecule has 0 bridgehead atoms. The Labute approximate surface area is 347 Å². The Morgan fingerprint density at radius 3 is 2.10 bits per heavy atom. The highest BCUT2D eigenvalue weighted by atomic mass is 16.5. The summed E-state index contributed by atoms with van der Waals surface area (Å²) in [5, 5.41) is 13.4. The Hall–Kier alpha value is -5.79. The molecule has 14 heteroatoms. The molecule has 0 aliphatic heterocycles. The minimum absolute atomic E-state index is 0.0108. The van der Waals surface area contributed by atoms with Crippen LogP contribution in [0.15, 0.2) is 78.9 Å². The van der Waals surface area contributed by atoms with Gasteiger partial charge in [-0.05, 0) is 78.7 Å². The zero-order valence-corrected chi connectivity index (χ0v) is 34.1. The Morgan fingerprint density at radius 2 is 1.41 bits per heavy atom. The zero-order valence-electron chi connectivity index (χ0n) is 34.1. The topological polar surface area (TPSA) is 189 Å². The molecule has 0 saturated heterocycles. The molecule has 5 rings (SSSR count). The predicted octanol–water partition coefficient (Wildman–Crippen LogP) is 3.46. The van der Waals surface area contributed by atoms with Crippen molar-refractivity contribution in [2.75, 3.05) is 6.54 Å². The lowest BCUT2D eigenvalue weighted by Crippen LogP contribution is -2.59. The first kappa shape index (κ1) is 44.3. The van der Waals surface area contributed by atoms with Crippen molar-refractivity contribution in [3.8, 4) is 0 Å². The van der Waals surface area contributed by atoms with Gasteiger partial charge in [-0.15, -0.1) is 0 Å². The van der Waals surface area contributed by atoms with Crippen molar-refractivity contribution in [1.29, 1.82) is 0 Å². The van der Waals surface area contributed by atoms with E-state index >= 15 is 0 Å². The standard InChI is InChI=1S/C45H56BN5O8/c1-2-15-35(40(53)43(56)47-27-37(52)50-39(32-21-10-5-11-22-32)44(57)59-28-29-16-6-3-7-17-29)48-41(54)36(26-33-24-14-23-30-18-12-13-25-34(30)33)49-42(55)38(51-45(46)58)31-19-8-4-9-20-31/h3,5-7,10-11,14,16-17,21-24,31,35-36,38-39H,2,4,8-9,12-13,15,18-20,25-28,46H2,1H3,(H,47,56)(H,48,54)(H,49,55)(H,50,52)(H,51,58)/t35?,36-,38-,39-/m0/s1. The summed E-state index contributed by atoms with van der Waals surface area (Å²) in [6.45, 7) is 1.16. The van der Waals surface area contributed by atoms with Crippen LogP contribution < -0.4 is 26.6 Å². The molecule has 13 nitrogen and oxygen atoms in total. The number of aryl methyl sites for hydroxylation is 1. The Bertz CT molecular complexity index is 1940. The van der Waals surface area contributed by atoms with E-state index in [-0.39, 0.29) is 31.2 Å². The van der Waals surface area contributed by atoms with Crippen LogP contribution in [0.3, 0.4) is 0 Å². The lowest BCUT2D eigenvalue weighted by atomic mass is 9.82. The number of hydrogen-bond acceptors (Lipinski definition) is 8. The quantitative estimate of drug-likeness (QED) is 0.0692. The molecule has 3 aromatic rings. The fourth-order valence-corrected chi connectivity index (χ4v) is 8.01. The third-order valence-corrected chi connectivity index (χ3v) is 11.1. The summed E-state index contributed by atoms with van der Waals surface area (Å²) in [6.07, 6.45) is 9.00. The average molecular weight is 806 g/mol. The summed E-state index contributed by atoms with van der Waals surface area (Å²) in [4.78, 5) is 93.6. The monoisotopic (exact) mass is 805 g/mol. The molecule has 59 heavy (non-hydrogen) atoms. The number of carbonyl (C=O) groups is 7. The predicted molar refractivity (Wildman–Crippen MR) is 225 cm³/mol. The second-order valence-corrected chi connectivity index (χ2v) is 15.5. The highest BCUT2D eigenvalue weighted by Gasteiger charge is 2.35. The summed E-state index contributed by atoms with van der Waals surface area (Å²) in [5.74, 6) is -5.06.